The van der Waals surface area contributed by atoms with Crippen LogP contribution in [-0.4, -0.2) is 82.2 Å². The number of methoxy groups -OCH3 is 1. The van der Waals surface area contributed by atoms with E-state index < -0.39 is 16.0 Å². The van der Waals surface area contributed by atoms with Gasteiger partial charge in [0.2, 0.25) is 10.0 Å². The molecule has 1 aliphatic heterocycles. The highest BCUT2D eigenvalue weighted by Crippen LogP contribution is 2.27. The standard InChI is InChI=1S/C29H33N3O6S/c1-21-9-11-24(38-18-17-31-13-15-32(16-14-31)39(3,35)36)20-26(21)28(33)30-27-19-23(22-7-5-4-6-8-22)10-12-25(27)29(34)37-2/h4-12,19-20H,13-18H2,1-3H3,(H,30,33). The van der Waals surface area contributed by atoms with E-state index >= 15 is 0 Å². The van der Waals surface area contributed by atoms with Gasteiger partial charge in [0.05, 0.1) is 24.6 Å². The molecule has 1 N–H and O–H groups in total. The van der Waals surface area contributed by atoms with E-state index in [4.69, 9.17) is 9.47 Å². The van der Waals surface area contributed by atoms with Crippen LogP contribution >= 0.6 is 0 Å². The predicted molar refractivity (Wildman–Crippen MR) is 151 cm³/mol. The van der Waals surface area contributed by atoms with Crippen LogP contribution in [0.4, 0.5) is 5.69 Å². The van der Waals surface area contributed by atoms with Gasteiger partial charge in [-0.15, -0.1) is 0 Å². The summed E-state index contributed by atoms with van der Waals surface area (Å²) in [5.41, 5.74) is 3.60. The van der Waals surface area contributed by atoms with Gasteiger partial charge in [-0.3, -0.25) is 9.69 Å². The van der Waals surface area contributed by atoms with Crippen molar-refractivity contribution in [1.29, 1.82) is 0 Å². The Morgan fingerprint density at radius 3 is 2.28 bits per heavy atom. The lowest BCUT2D eigenvalue weighted by molar-refractivity contribution is 0.0602. The predicted octanol–water partition coefficient (Wildman–Crippen LogP) is 3.66. The van der Waals surface area contributed by atoms with Crippen LogP contribution in [0.3, 0.4) is 0 Å². The van der Waals surface area contributed by atoms with Gasteiger partial charge in [0.15, 0.2) is 0 Å². The highest BCUT2D eigenvalue weighted by atomic mass is 32.2. The van der Waals surface area contributed by atoms with Crippen LogP contribution in [0.1, 0.15) is 26.3 Å². The fourth-order valence-electron chi connectivity index (χ4n) is 4.45. The second kappa shape index (κ2) is 12.4. The number of amides is 1. The van der Waals surface area contributed by atoms with Gasteiger partial charge >= 0.3 is 5.97 Å². The van der Waals surface area contributed by atoms with Gasteiger partial charge in [-0.05, 0) is 47.9 Å². The summed E-state index contributed by atoms with van der Waals surface area (Å²) < 4.78 is 35.7. The summed E-state index contributed by atoms with van der Waals surface area (Å²) in [4.78, 5) is 27.9. The van der Waals surface area contributed by atoms with Crippen LogP contribution < -0.4 is 10.1 Å². The normalized spacial score (nSPS) is 14.5. The zero-order valence-electron chi connectivity index (χ0n) is 22.3. The molecule has 206 valence electrons. The van der Waals surface area contributed by atoms with E-state index in [1.807, 2.05) is 55.5 Å². The zero-order chi connectivity index (χ0) is 28.0. The minimum atomic E-state index is -3.17. The van der Waals surface area contributed by atoms with Gasteiger partial charge in [-0.25, -0.2) is 13.2 Å². The Bertz CT molecular complexity index is 1430. The molecule has 0 bridgehead atoms. The SMILES string of the molecule is COC(=O)c1ccc(-c2ccccc2)cc1NC(=O)c1cc(OCCN2CCN(S(C)(=O)=O)CC2)ccc1C. The van der Waals surface area contributed by atoms with Crippen molar-refractivity contribution in [3.63, 3.8) is 0 Å². The van der Waals surface area contributed by atoms with Crippen molar-refractivity contribution in [2.45, 2.75) is 6.92 Å². The monoisotopic (exact) mass is 551 g/mol. The minimum Gasteiger partial charge on any atom is -0.492 e. The molecule has 3 aromatic rings. The number of rotatable bonds is 9. The number of esters is 1. The summed E-state index contributed by atoms with van der Waals surface area (Å²) in [6, 6.07) is 20.2. The summed E-state index contributed by atoms with van der Waals surface area (Å²) in [6.45, 7) is 5.09. The maximum absolute atomic E-state index is 13.4. The molecule has 9 nitrogen and oxygen atoms in total. The molecule has 0 saturated carbocycles. The lowest BCUT2D eigenvalue weighted by atomic mass is 10.0. The number of ether oxygens (including phenoxy) is 2. The topological polar surface area (TPSA) is 105 Å². The molecular weight excluding hydrogens is 518 g/mol. The number of aryl methyl sites for hydroxylation is 1. The summed E-state index contributed by atoms with van der Waals surface area (Å²) >= 11 is 0. The Kier molecular flexibility index (Phi) is 9.01. The van der Waals surface area contributed by atoms with E-state index in [-0.39, 0.29) is 11.5 Å². The van der Waals surface area contributed by atoms with Crippen molar-refractivity contribution in [2.75, 3.05) is 58.0 Å². The average molecular weight is 552 g/mol. The maximum Gasteiger partial charge on any atom is 0.339 e. The summed E-state index contributed by atoms with van der Waals surface area (Å²) in [5, 5.41) is 2.89. The van der Waals surface area contributed by atoms with Crippen LogP contribution in [0.25, 0.3) is 11.1 Å². The molecule has 4 rings (SSSR count). The Balaban J connectivity index is 1.44. The largest absolute Gasteiger partial charge is 0.492 e. The van der Waals surface area contributed by atoms with Crippen LogP contribution in [-0.2, 0) is 14.8 Å². The Labute approximate surface area is 229 Å². The first kappa shape index (κ1) is 28.3. The number of anilines is 1. The van der Waals surface area contributed by atoms with Gasteiger partial charge in [-0.1, -0.05) is 42.5 Å². The molecular formula is C29H33N3O6S. The second-order valence-electron chi connectivity index (χ2n) is 9.40. The molecule has 1 saturated heterocycles. The van der Waals surface area contributed by atoms with Gasteiger partial charge in [0.25, 0.3) is 5.91 Å². The molecule has 0 radical (unpaired) electrons. The third-order valence-corrected chi connectivity index (χ3v) is 8.01. The first-order valence-electron chi connectivity index (χ1n) is 12.7. The molecule has 10 heteroatoms. The molecule has 3 aromatic carbocycles. The average Bonchev–Trinajstić information content (AvgIpc) is 2.93. The number of nitrogens with zero attached hydrogens (tertiary/aromatic N) is 2. The van der Waals surface area contributed by atoms with Crippen molar-refractivity contribution in [3.05, 3.63) is 83.4 Å². The number of piperazine rings is 1. The van der Waals surface area contributed by atoms with E-state index in [9.17, 15) is 18.0 Å². The Morgan fingerprint density at radius 1 is 0.897 bits per heavy atom. The fraction of sp³-hybridized carbons (Fsp3) is 0.310. The minimum absolute atomic E-state index is 0.256. The quantitative estimate of drug-likeness (QED) is 0.405. The number of hydrogen-bond donors (Lipinski definition) is 1. The van der Waals surface area contributed by atoms with Gasteiger partial charge < -0.3 is 14.8 Å². The molecule has 1 heterocycles. The third-order valence-electron chi connectivity index (χ3n) is 6.71. The van der Waals surface area contributed by atoms with E-state index in [1.54, 1.807) is 18.2 Å². The zero-order valence-corrected chi connectivity index (χ0v) is 23.2. The highest BCUT2D eigenvalue weighted by molar-refractivity contribution is 7.88. The molecule has 1 fully saturated rings. The lowest BCUT2D eigenvalue weighted by Crippen LogP contribution is -2.49. The number of hydrogen-bond acceptors (Lipinski definition) is 7. The van der Waals surface area contributed by atoms with Crippen LogP contribution in [0.5, 0.6) is 5.75 Å². The number of carbonyl (C=O) groups excluding carboxylic acids is 2. The van der Waals surface area contributed by atoms with Crippen molar-refractivity contribution < 1.29 is 27.5 Å². The van der Waals surface area contributed by atoms with Gasteiger partial charge in [0.1, 0.15) is 12.4 Å². The number of benzene rings is 3. The fourth-order valence-corrected chi connectivity index (χ4v) is 5.27. The number of sulfonamides is 1. The second-order valence-corrected chi connectivity index (χ2v) is 11.4. The highest BCUT2D eigenvalue weighted by Gasteiger charge is 2.23. The number of carbonyl (C=O) groups is 2. The van der Waals surface area contributed by atoms with Crippen LogP contribution in [0.2, 0.25) is 0 Å². The van der Waals surface area contributed by atoms with Crippen LogP contribution in [0, 0.1) is 6.92 Å². The van der Waals surface area contributed by atoms with E-state index in [0.29, 0.717) is 56.3 Å². The summed E-state index contributed by atoms with van der Waals surface area (Å²) in [7, 11) is -1.87. The van der Waals surface area contributed by atoms with Crippen molar-refractivity contribution in [2.24, 2.45) is 0 Å². The molecule has 39 heavy (non-hydrogen) atoms. The molecule has 1 amide bonds. The van der Waals surface area contributed by atoms with E-state index in [2.05, 4.69) is 10.2 Å². The Hall–Kier alpha value is -3.73. The molecule has 0 spiro atoms. The summed E-state index contributed by atoms with van der Waals surface area (Å²) in [6.07, 6.45) is 1.23. The first-order chi connectivity index (χ1) is 18.7. The third kappa shape index (κ3) is 7.23. The van der Waals surface area contributed by atoms with Gasteiger partial charge in [0, 0.05) is 38.3 Å². The smallest absolute Gasteiger partial charge is 0.339 e. The van der Waals surface area contributed by atoms with Crippen molar-refractivity contribution >= 4 is 27.6 Å². The van der Waals surface area contributed by atoms with Crippen molar-refractivity contribution in [1.82, 2.24) is 9.21 Å². The van der Waals surface area contributed by atoms with E-state index in [1.165, 1.54) is 17.7 Å². The van der Waals surface area contributed by atoms with Gasteiger partial charge in [-0.2, -0.15) is 4.31 Å². The molecule has 0 aliphatic carbocycles. The molecule has 0 unspecified atom stereocenters. The Morgan fingerprint density at radius 2 is 1.62 bits per heavy atom. The first-order valence-corrected chi connectivity index (χ1v) is 14.5. The van der Waals surface area contributed by atoms with E-state index in [0.717, 1.165) is 16.7 Å². The number of nitrogens with one attached hydrogen (secondary N) is 1. The molecule has 1 aliphatic rings. The maximum atomic E-state index is 13.4. The molecule has 0 aromatic heterocycles. The molecule has 0 atom stereocenters. The summed E-state index contributed by atoms with van der Waals surface area (Å²) in [5.74, 6) is -0.368. The van der Waals surface area contributed by atoms with Crippen molar-refractivity contribution in [3.8, 4) is 16.9 Å². The lowest BCUT2D eigenvalue weighted by Gasteiger charge is -2.33. The van der Waals surface area contributed by atoms with Crippen LogP contribution in [0.15, 0.2) is 66.7 Å².